The van der Waals surface area contributed by atoms with Gasteiger partial charge >= 0.3 is 0 Å². The minimum Gasteiger partial charge on any atom is -0.354 e. The largest absolute Gasteiger partial charge is 0.354 e. The molecule has 2 aromatic rings. The van der Waals surface area contributed by atoms with Crippen LogP contribution in [0.2, 0.25) is 0 Å². The summed E-state index contributed by atoms with van der Waals surface area (Å²) < 4.78 is 1.97. The average molecular weight is 370 g/mol. The normalized spacial score (nSPS) is 10.4. The Bertz CT molecular complexity index is 555. The third kappa shape index (κ3) is 3.33. The highest BCUT2D eigenvalue weighted by Crippen LogP contribution is 2.26. The maximum Gasteiger partial charge on any atom is 0.142 e. The van der Waals surface area contributed by atoms with Crippen LogP contribution in [0.25, 0.3) is 0 Å². The Balaban J connectivity index is 2.19. The van der Waals surface area contributed by atoms with Crippen molar-refractivity contribution in [3.8, 4) is 0 Å². The zero-order chi connectivity index (χ0) is 13.1. The van der Waals surface area contributed by atoms with Crippen molar-refractivity contribution in [2.24, 2.45) is 0 Å². The minimum absolute atomic E-state index is 0.842. The number of halogens is 2. The number of hydrogen-bond donors (Lipinski definition) is 0. The molecule has 0 atom stereocenters. The quantitative estimate of drug-likeness (QED) is 0.788. The highest BCUT2D eigenvalue weighted by atomic mass is 79.9. The van der Waals surface area contributed by atoms with Gasteiger partial charge in [0.1, 0.15) is 5.82 Å². The summed E-state index contributed by atoms with van der Waals surface area (Å²) >= 11 is 6.95. The predicted octanol–water partition coefficient (Wildman–Crippen LogP) is 4.55. The van der Waals surface area contributed by atoms with E-state index in [9.17, 15) is 0 Å². The molecule has 1 heterocycles. The standard InChI is InChI=1S/C14H14Br2N2/c1-10-4-3-5-11(6-10)9-18(2)14-13(16)7-12(15)8-17-14/h3-8H,9H2,1-2H3. The van der Waals surface area contributed by atoms with Crippen LogP contribution in [0.15, 0.2) is 45.5 Å². The lowest BCUT2D eigenvalue weighted by Gasteiger charge is -2.19. The topological polar surface area (TPSA) is 16.1 Å². The molecule has 0 radical (unpaired) electrons. The molecule has 0 amide bonds. The van der Waals surface area contributed by atoms with Crippen molar-refractivity contribution >= 4 is 37.7 Å². The van der Waals surface area contributed by atoms with E-state index >= 15 is 0 Å². The third-order valence-electron chi connectivity index (χ3n) is 2.65. The first kappa shape index (κ1) is 13.6. The summed E-state index contributed by atoms with van der Waals surface area (Å²) in [5.74, 6) is 0.944. The Morgan fingerprint density at radius 2 is 2.00 bits per heavy atom. The maximum absolute atomic E-state index is 4.43. The molecule has 0 saturated heterocycles. The summed E-state index contributed by atoms with van der Waals surface area (Å²) in [6.07, 6.45) is 1.81. The molecule has 0 fully saturated rings. The molecule has 94 valence electrons. The molecule has 0 aliphatic carbocycles. The molecule has 2 rings (SSSR count). The van der Waals surface area contributed by atoms with Gasteiger partial charge in [-0.15, -0.1) is 0 Å². The van der Waals surface area contributed by atoms with Crippen LogP contribution >= 0.6 is 31.9 Å². The van der Waals surface area contributed by atoms with E-state index in [1.807, 2.05) is 19.3 Å². The number of hydrogen-bond acceptors (Lipinski definition) is 2. The molecule has 0 aliphatic rings. The second-order valence-corrected chi connectivity index (χ2v) is 6.07. The lowest BCUT2D eigenvalue weighted by Crippen LogP contribution is -2.18. The van der Waals surface area contributed by atoms with E-state index in [0.717, 1.165) is 21.3 Å². The Hall–Kier alpha value is -0.870. The summed E-state index contributed by atoms with van der Waals surface area (Å²) in [6, 6.07) is 10.5. The van der Waals surface area contributed by atoms with Gasteiger partial charge < -0.3 is 4.90 Å². The summed E-state index contributed by atoms with van der Waals surface area (Å²) in [7, 11) is 2.04. The van der Waals surface area contributed by atoms with Crippen molar-refractivity contribution in [2.75, 3.05) is 11.9 Å². The minimum atomic E-state index is 0.842. The summed E-state index contributed by atoms with van der Waals surface area (Å²) in [5.41, 5.74) is 2.57. The van der Waals surface area contributed by atoms with Gasteiger partial charge in [-0.2, -0.15) is 0 Å². The van der Waals surface area contributed by atoms with Gasteiger partial charge in [0.15, 0.2) is 0 Å². The molecular formula is C14H14Br2N2. The van der Waals surface area contributed by atoms with Gasteiger partial charge in [0, 0.05) is 24.3 Å². The van der Waals surface area contributed by atoms with E-state index in [0.29, 0.717) is 0 Å². The summed E-state index contributed by atoms with van der Waals surface area (Å²) in [5, 5.41) is 0. The van der Waals surface area contributed by atoms with Crippen LogP contribution < -0.4 is 4.90 Å². The van der Waals surface area contributed by atoms with Crippen LogP contribution in [0.3, 0.4) is 0 Å². The molecular weight excluding hydrogens is 356 g/mol. The number of aromatic nitrogens is 1. The SMILES string of the molecule is Cc1cccc(CN(C)c2ncc(Br)cc2Br)c1. The van der Waals surface area contributed by atoms with Gasteiger partial charge in [-0.1, -0.05) is 29.8 Å². The van der Waals surface area contributed by atoms with Crippen molar-refractivity contribution in [3.05, 3.63) is 56.6 Å². The molecule has 0 bridgehead atoms. The Labute approximate surface area is 124 Å². The molecule has 4 heteroatoms. The molecule has 0 saturated carbocycles. The van der Waals surface area contributed by atoms with Crippen LogP contribution in [-0.2, 0) is 6.54 Å². The van der Waals surface area contributed by atoms with Crippen molar-refractivity contribution < 1.29 is 0 Å². The fourth-order valence-corrected chi connectivity index (χ4v) is 3.14. The average Bonchev–Trinajstić information content (AvgIpc) is 2.28. The molecule has 1 aromatic heterocycles. The third-order valence-corrected chi connectivity index (χ3v) is 3.67. The van der Waals surface area contributed by atoms with Crippen LogP contribution in [0, 0.1) is 6.92 Å². The zero-order valence-corrected chi connectivity index (χ0v) is 13.5. The van der Waals surface area contributed by atoms with Gasteiger partial charge in [0.25, 0.3) is 0 Å². The molecule has 18 heavy (non-hydrogen) atoms. The fraction of sp³-hybridized carbons (Fsp3) is 0.214. The van der Waals surface area contributed by atoms with Crippen LogP contribution in [-0.4, -0.2) is 12.0 Å². The highest BCUT2D eigenvalue weighted by Gasteiger charge is 2.08. The van der Waals surface area contributed by atoms with E-state index in [1.165, 1.54) is 11.1 Å². The first-order valence-corrected chi connectivity index (χ1v) is 7.22. The van der Waals surface area contributed by atoms with Crippen molar-refractivity contribution in [1.29, 1.82) is 0 Å². The van der Waals surface area contributed by atoms with E-state index in [4.69, 9.17) is 0 Å². The van der Waals surface area contributed by atoms with Crippen molar-refractivity contribution in [3.63, 3.8) is 0 Å². The first-order valence-electron chi connectivity index (χ1n) is 5.64. The van der Waals surface area contributed by atoms with Crippen molar-refractivity contribution in [1.82, 2.24) is 4.98 Å². The molecule has 0 unspecified atom stereocenters. The molecule has 0 N–H and O–H groups in total. The smallest absolute Gasteiger partial charge is 0.142 e. The molecule has 1 aromatic carbocycles. The van der Waals surface area contributed by atoms with E-state index in [2.05, 4.69) is 72.9 Å². The van der Waals surface area contributed by atoms with Gasteiger partial charge in [-0.05, 0) is 50.4 Å². The van der Waals surface area contributed by atoms with E-state index < -0.39 is 0 Å². The second kappa shape index (κ2) is 5.85. The van der Waals surface area contributed by atoms with Crippen LogP contribution in [0.5, 0.6) is 0 Å². The van der Waals surface area contributed by atoms with Crippen molar-refractivity contribution in [2.45, 2.75) is 13.5 Å². The molecule has 0 spiro atoms. The number of anilines is 1. The van der Waals surface area contributed by atoms with Crippen LogP contribution in [0.1, 0.15) is 11.1 Å². The van der Waals surface area contributed by atoms with Gasteiger partial charge in [-0.25, -0.2) is 4.98 Å². The fourth-order valence-electron chi connectivity index (χ4n) is 1.85. The first-order chi connectivity index (χ1) is 8.56. The highest BCUT2D eigenvalue weighted by molar-refractivity contribution is 9.11. The Morgan fingerprint density at radius 1 is 1.22 bits per heavy atom. The number of nitrogens with zero attached hydrogens (tertiary/aromatic N) is 2. The van der Waals surface area contributed by atoms with Gasteiger partial charge in [-0.3, -0.25) is 0 Å². The monoisotopic (exact) mass is 368 g/mol. The maximum atomic E-state index is 4.43. The number of aryl methyl sites for hydroxylation is 1. The summed E-state index contributed by atoms with van der Waals surface area (Å²) in [4.78, 5) is 6.56. The zero-order valence-electron chi connectivity index (χ0n) is 10.3. The number of rotatable bonds is 3. The molecule has 0 aliphatic heterocycles. The number of pyridine rings is 1. The number of benzene rings is 1. The predicted molar refractivity (Wildman–Crippen MR) is 82.9 cm³/mol. The van der Waals surface area contributed by atoms with Gasteiger partial charge in [0.05, 0.1) is 4.47 Å². The summed E-state index contributed by atoms with van der Waals surface area (Å²) in [6.45, 7) is 2.95. The van der Waals surface area contributed by atoms with Gasteiger partial charge in [0.2, 0.25) is 0 Å². The second-order valence-electron chi connectivity index (χ2n) is 4.30. The molecule has 2 nitrogen and oxygen atoms in total. The Kier molecular flexibility index (Phi) is 4.40. The lowest BCUT2D eigenvalue weighted by atomic mass is 10.1. The van der Waals surface area contributed by atoms with E-state index in [-0.39, 0.29) is 0 Å². The Morgan fingerprint density at radius 3 is 2.67 bits per heavy atom. The lowest BCUT2D eigenvalue weighted by molar-refractivity contribution is 0.892. The van der Waals surface area contributed by atoms with E-state index in [1.54, 1.807) is 0 Å². The van der Waals surface area contributed by atoms with Crippen LogP contribution in [0.4, 0.5) is 5.82 Å².